The molecule has 0 saturated carbocycles. The monoisotopic (exact) mass is 365 g/mol. The summed E-state index contributed by atoms with van der Waals surface area (Å²) in [6.45, 7) is 0.839. The summed E-state index contributed by atoms with van der Waals surface area (Å²) in [5.74, 6) is 2.66. The van der Waals surface area contributed by atoms with Crippen LogP contribution in [0.5, 0.6) is 11.5 Å². The van der Waals surface area contributed by atoms with E-state index in [1.165, 1.54) is 0 Å². The molecule has 0 spiro atoms. The zero-order chi connectivity index (χ0) is 17.2. The topological polar surface area (TPSA) is 47.6 Å². The summed E-state index contributed by atoms with van der Waals surface area (Å²) >= 11 is 7.56. The molecular formula is C18H20ClNO3S. The van der Waals surface area contributed by atoms with Gasteiger partial charge in [0.05, 0.1) is 24.4 Å². The average molecular weight is 366 g/mol. The first kappa shape index (κ1) is 18.5. The van der Waals surface area contributed by atoms with Gasteiger partial charge in [-0.15, -0.1) is 11.8 Å². The first-order valence-corrected chi connectivity index (χ1v) is 9.07. The Kier molecular flexibility index (Phi) is 7.79. The molecule has 0 aliphatic rings. The van der Waals surface area contributed by atoms with E-state index in [1.807, 2.05) is 36.4 Å². The van der Waals surface area contributed by atoms with Gasteiger partial charge in [0, 0.05) is 5.75 Å². The second-order valence-corrected chi connectivity index (χ2v) is 6.36. The highest BCUT2D eigenvalue weighted by molar-refractivity contribution is 7.99. The van der Waals surface area contributed by atoms with Crippen molar-refractivity contribution in [1.29, 1.82) is 0 Å². The number of methoxy groups -OCH3 is 1. The fourth-order valence-corrected chi connectivity index (χ4v) is 2.96. The van der Waals surface area contributed by atoms with E-state index in [4.69, 9.17) is 21.1 Å². The Balaban J connectivity index is 1.58. The first-order chi connectivity index (χ1) is 11.7. The summed E-state index contributed by atoms with van der Waals surface area (Å²) in [4.78, 5) is 11.8. The average Bonchev–Trinajstić information content (AvgIpc) is 2.61. The van der Waals surface area contributed by atoms with Crippen LogP contribution in [0.25, 0.3) is 0 Å². The molecule has 0 saturated heterocycles. The Hall–Kier alpha value is -1.85. The molecule has 0 unspecified atom stereocenters. The van der Waals surface area contributed by atoms with E-state index in [1.54, 1.807) is 31.0 Å². The molecule has 2 aromatic carbocycles. The normalized spacial score (nSPS) is 10.2. The number of hydrogen-bond acceptors (Lipinski definition) is 4. The minimum absolute atomic E-state index is 0.00345. The van der Waals surface area contributed by atoms with Gasteiger partial charge in [0.15, 0.2) is 0 Å². The van der Waals surface area contributed by atoms with Gasteiger partial charge in [-0.3, -0.25) is 4.79 Å². The summed E-state index contributed by atoms with van der Waals surface area (Å²) in [7, 11) is 1.64. The number of rotatable bonds is 9. The van der Waals surface area contributed by atoms with Crippen molar-refractivity contribution < 1.29 is 14.3 Å². The Morgan fingerprint density at radius 1 is 1.17 bits per heavy atom. The van der Waals surface area contributed by atoms with E-state index in [9.17, 15) is 4.79 Å². The van der Waals surface area contributed by atoms with Crippen molar-refractivity contribution in [2.24, 2.45) is 0 Å². The summed E-state index contributed by atoms with van der Waals surface area (Å²) in [5, 5.41) is 3.40. The summed E-state index contributed by atoms with van der Waals surface area (Å²) in [5.41, 5.74) is 1.16. The van der Waals surface area contributed by atoms with E-state index in [-0.39, 0.29) is 5.91 Å². The van der Waals surface area contributed by atoms with Crippen molar-refractivity contribution in [3.63, 3.8) is 0 Å². The van der Waals surface area contributed by atoms with Crippen LogP contribution in [0.4, 0.5) is 0 Å². The molecule has 2 rings (SSSR count). The number of para-hydroxylation sites is 1. The molecule has 1 N–H and O–H groups in total. The van der Waals surface area contributed by atoms with Crippen LogP contribution in [-0.4, -0.2) is 31.9 Å². The third kappa shape index (κ3) is 6.34. The number of ether oxygens (including phenoxy) is 2. The third-order valence-corrected chi connectivity index (χ3v) is 4.50. The van der Waals surface area contributed by atoms with Crippen molar-refractivity contribution in [3.05, 3.63) is 59.1 Å². The van der Waals surface area contributed by atoms with Gasteiger partial charge >= 0.3 is 0 Å². The number of hydrogen-bond donors (Lipinski definition) is 1. The molecule has 6 heteroatoms. The Bertz CT molecular complexity index is 649. The zero-order valence-corrected chi connectivity index (χ0v) is 15.0. The molecule has 0 aliphatic carbocycles. The molecule has 0 aliphatic heterocycles. The Morgan fingerprint density at radius 2 is 1.92 bits per heavy atom. The Labute approximate surface area is 151 Å². The quantitative estimate of drug-likeness (QED) is 0.687. The van der Waals surface area contributed by atoms with Crippen LogP contribution in [-0.2, 0) is 10.5 Å². The number of thioether (sulfide) groups is 1. The second kappa shape index (κ2) is 10.1. The van der Waals surface area contributed by atoms with Gasteiger partial charge in [-0.05, 0) is 29.8 Å². The number of benzene rings is 2. The van der Waals surface area contributed by atoms with Gasteiger partial charge in [0.2, 0.25) is 5.91 Å². The van der Waals surface area contributed by atoms with Crippen molar-refractivity contribution >= 4 is 29.3 Å². The summed E-state index contributed by atoms with van der Waals surface area (Å²) in [6, 6.07) is 15.1. The van der Waals surface area contributed by atoms with Gasteiger partial charge in [0.25, 0.3) is 0 Å². The van der Waals surface area contributed by atoms with Gasteiger partial charge in [-0.1, -0.05) is 35.9 Å². The second-order valence-electron chi connectivity index (χ2n) is 4.97. The molecule has 0 radical (unpaired) electrons. The number of carbonyl (C=O) groups is 1. The highest BCUT2D eigenvalue weighted by Crippen LogP contribution is 2.22. The standard InChI is InChI=1S/C18H20ClNO3S/c1-22-15-8-6-14(7-9-15)12-24-13-18(21)20-10-11-23-17-5-3-2-4-16(17)19/h2-9H,10-13H2,1H3,(H,20,21). The minimum atomic E-state index is -0.00345. The molecule has 4 nitrogen and oxygen atoms in total. The van der Waals surface area contributed by atoms with Gasteiger partial charge < -0.3 is 14.8 Å². The molecule has 0 heterocycles. The lowest BCUT2D eigenvalue weighted by molar-refractivity contribution is -0.118. The van der Waals surface area contributed by atoms with Crippen LogP contribution in [0.3, 0.4) is 0 Å². The van der Waals surface area contributed by atoms with Crippen LogP contribution in [0.2, 0.25) is 5.02 Å². The predicted molar refractivity (Wildman–Crippen MR) is 99.1 cm³/mol. The van der Waals surface area contributed by atoms with Crippen molar-refractivity contribution in [3.8, 4) is 11.5 Å². The maximum absolute atomic E-state index is 11.8. The molecule has 0 fully saturated rings. The van der Waals surface area contributed by atoms with E-state index in [2.05, 4.69) is 5.32 Å². The van der Waals surface area contributed by atoms with Gasteiger partial charge in [-0.25, -0.2) is 0 Å². The van der Waals surface area contributed by atoms with Crippen molar-refractivity contribution in [2.75, 3.05) is 26.0 Å². The molecule has 0 aromatic heterocycles. The van der Waals surface area contributed by atoms with Crippen LogP contribution in [0, 0.1) is 0 Å². The molecular weight excluding hydrogens is 346 g/mol. The lowest BCUT2D eigenvalue weighted by Gasteiger charge is -2.09. The third-order valence-electron chi connectivity index (χ3n) is 3.18. The largest absolute Gasteiger partial charge is 0.497 e. The SMILES string of the molecule is COc1ccc(CSCC(=O)NCCOc2ccccc2Cl)cc1. The predicted octanol–water partition coefficient (Wildman–Crippen LogP) is 3.78. The minimum Gasteiger partial charge on any atom is -0.497 e. The molecule has 128 valence electrons. The maximum Gasteiger partial charge on any atom is 0.230 e. The fraction of sp³-hybridized carbons (Fsp3) is 0.278. The van der Waals surface area contributed by atoms with E-state index in [0.717, 1.165) is 17.1 Å². The van der Waals surface area contributed by atoms with E-state index in [0.29, 0.717) is 29.7 Å². The lowest BCUT2D eigenvalue weighted by Crippen LogP contribution is -2.29. The van der Waals surface area contributed by atoms with Crippen LogP contribution < -0.4 is 14.8 Å². The molecule has 2 aromatic rings. The molecule has 0 bridgehead atoms. The first-order valence-electron chi connectivity index (χ1n) is 7.54. The Morgan fingerprint density at radius 3 is 2.62 bits per heavy atom. The molecule has 24 heavy (non-hydrogen) atoms. The van der Waals surface area contributed by atoms with Crippen LogP contribution >= 0.6 is 23.4 Å². The fourth-order valence-electron chi connectivity index (χ4n) is 1.95. The number of amides is 1. The number of nitrogens with one attached hydrogen (secondary N) is 1. The zero-order valence-electron chi connectivity index (χ0n) is 13.5. The summed E-state index contributed by atoms with van der Waals surface area (Å²) < 4.78 is 10.6. The lowest BCUT2D eigenvalue weighted by atomic mass is 10.2. The van der Waals surface area contributed by atoms with Crippen molar-refractivity contribution in [2.45, 2.75) is 5.75 Å². The molecule has 0 atom stereocenters. The van der Waals surface area contributed by atoms with E-state index >= 15 is 0 Å². The van der Waals surface area contributed by atoms with Gasteiger partial charge in [-0.2, -0.15) is 0 Å². The highest BCUT2D eigenvalue weighted by Gasteiger charge is 2.03. The number of halogens is 1. The van der Waals surface area contributed by atoms with Crippen molar-refractivity contribution in [1.82, 2.24) is 5.32 Å². The van der Waals surface area contributed by atoms with Gasteiger partial charge in [0.1, 0.15) is 18.1 Å². The van der Waals surface area contributed by atoms with Crippen LogP contribution in [0.1, 0.15) is 5.56 Å². The van der Waals surface area contributed by atoms with Crippen LogP contribution in [0.15, 0.2) is 48.5 Å². The smallest absolute Gasteiger partial charge is 0.230 e. The highest BCUT2D eigenvalue weighted by atomic mass is 35.5. The maximum atomic E-state index is 11.8. The van der Waals surface area contributed by atoms with E-state index < -0.39 is 0 Å². The molecule has 1 amide bonds. The number of carbonyl (C=O) groups excluding carboxylic acids is 1. The summed E-state index contributed by atoms with van der Waals surface area (Å²) in [6.07, 6.45) is 0.